The van der Waals surface area contributed by atoms with Crippen LogP contribution in [-0.4, -0.2) is 27.8 Å². The molecule has 5 heteroatoms. The molecule has 2 aliphatic carbocycles. The van der Waals surface area contributed by atoms with Crippen molar-refractivity contribution < 1.29 is 24.5 Å². The number of carbonyl (C=O) groups is 2. The Kier molecular flexibility index (Phi) is 2.74. The zero-order chi connectivity index (χ0) is 17.5. The maximum absolute atomic E-state index is 12.7. The van der Waals surface area contributed by atoms with Gasteiger partial charge in [-0.1, -0.05) is 38.1 Å². The van der Waals surface area contributed by atoms with E-state index >= 15 is 0 Å². The smallest absolute Gasteiger partial charge is 0.348 e. The van der Waals surface area contributed by atoms with Crippen molar-refractivity contribution in [2.45, 2.75) is 38.9 Å². The molecule has 2 N–H and O–H groups in total. The zero-order valence-electron chi connectivity index (χ0n) is 13.9. The van der Waals surface area contributed by atoms with Crippen LogP contribution in [0.5, 0.6) is 0 Å². The third kappa shape index (κ3) is 1.41. The number of allylic oxidation sites excluding steroid dienone is 1. The Balaban J connectivity index is 1.90. The van der Waals surface area contributed by atoms with Gasteiger partial charge in [0.2, 0.25) is 5.60 Å². The van der Waals surface area contributed by atoms with Crippen LogP contribution in [0.25, 0.3) is 5.57 Å². The average molecular weight is 328 g/mol. The van der Waals surface area contributed by atoms with E-state index in [1.54, 1.807) is 26.8 Å². The predicted octanol–water partition coefficient (Wildman–Crippen LogP) is 2.55. The minimum atomic E-state index is -1.52. The van der Waals surface area contributed by atoms with Gasteiger partial charge in [0, 0.05) is 17.8 Å². The summed E-state index contributed by atoms with van der Waals surface area (Å²) in [6.07, 6.45) is 1.25. The molecule has 126 valence electrons. The number of ether oxygens (including phenoxy) is 1. The van der Waals surface area contributed by atoms with Crippen LogP contribution in [0.3, 0.4) is 0 Å². The standard InChI is InChI=1S/C19H20O5/c1-17(2)18(3)13(9-19(17,15(21)22)24-16(18)23)12-8-14(20)11-7-5-4-6-10(11)12/h4-8,13-14,20H,9H2,1-3H3,(H,21,22)/t13?,14?,18?,19-/m1/s1. The van der Waals surface area contributed by atoms with Crippen LogP contribution in [0.2, 0.25) is 0 Å². The molecule has 1 saturated heterocycles. The highest BCUT2D eigenvalue weighted by Crippen LogP contribution is 2.71. The number of hydrogen-bond acceptors (Lipinski definition) is 4. The molecule has 1 heterocycles. The van der Waals surface area contributed by atoms with Gasteiger partial charge in [0.05, 0.1) is 11.5 Å². The van der Waals surface area contributed by atoms with Crippen LogP contribution in [0.4, 0.5) is 0 Å². The van der Waals surface area contributed by atoms with Gasteiger partial charge in [-0.15, -0.1) is 0 Å². The Morgan fingerprint density at radius 3 is 2.54 bits per heavy atom. The molecule has 0 radical (unpaired) electrons. The maximum atomic E-state index is 12.7. The summed E-state index contributed by atoms with van der Waals surface area (Å²) in [5, 5.41) is 20.1. The first-order valence-electron chi connectivity index (χ1n) is 8.13. The summed E-state index contributed by atoms with van der Waals surface area (Å²) in [6.45, 7) is 5.39. The molecule has 0 spiro atoms. The highest BCUT2D eigenvalue weighted by Gasteiger charge is 2.80. The fraction of sp³-hybridized carbons (Fsp3) is 0.474. The van der Waals surface area contributed by atoms with Gasteiger partial charge in [-0.3, -0.25) is 4.79 Å². The number of aliphatic hydroxyl groups excluding tert-OH is 1. The minimum Gasteiger partial charge on any atom is -0.478 e. The van der Waals surface area contributed by atoms with Crippen molar-refractivity contribution >= 4 is 17.5 Å². The van der Waals surface area contributed by atoms with E-state index in [4.69, 9.17) is 4.74 Å². The van der Waals surface area contributed by atoms with Crippen LogP contribution in [0, 0.1) is 16.7 Å². The summed E-state index contributed by atoms with van der Waals surface area (Å²) >= 11 is 0. The van der Waals surface area contributed by atoms with Gasteiger partial charge in [0.15, 0.2) is 0 Å². The molecule has 4 rings (SSSR count). The van der Waals surface area contributed by atoms with Crippen molar-refractivity contribution in [1.29, 1.82) is 0 Å². The summed E-state index contributed by atoms with van der Waals surface area (Å²) in [5.74, 6) is -1.87. The van der Waals surface area contributed by atoms with E-state index in [0.717, 1.165) is 16.7 Å². The second kappa shape index (κ2) is 4.28. The SMILES string of the molecule is CC12C(=O)O[C@@](C(=O)O)(CC1C1=CC(O)c3ccccc31)C2(C)C. The molecule has 0 amide bonds. The highest BCUT2D eigenvalue weighted by atomic mass is 16.6. The lowest BCUT2D eigenvalue weighted by Gasteiger charge is -2.35. The van der Waals surface area contributed by atoms with Crippen molar-refractivity contribution in [3.05, 3.63) is 41.5 Å². The number of esters is 1. The zero-order valence-corrected chi connectivity index (χ0v) is 13.9. The van der Waals surface area contributed by atoms with Crippen LogP contribution in [-0.2, 0) is 14.3 Å². The summed E-state index contributed by atoms with van der Waals surface area (Å²) < 4.78 is 5.40. The molecule has 2 bridgehead atoms. The Morgan fingerprint density at radius 2 is 1.92 bits per heavy atom. The average Bonchev–Trinajstić information content (AvgIpc) is 3.00. The van der Waals surface area contributed by atoms with Crippen molar-refractivity contribution in [2.75, 3.05) is 0 Å². The van der Waals surface area contributed by atoms with Crippen LogP contribution < -0.4 is 0 Å². The van der Waals surface area contributed by atoms with Crippen LogP contribution in [0.1, 0.15) is 44.4 Å². The van der Waals surface area contributed by atoms with Crippen molar-refractivity contribution in [3.8, 4) is 0 Å². The molecule has 3 unspecified atom stereocenters. The first-order valence-corrected chi connectivity index (χ1v) is 8.13. The van der Waals surface area contributed by atoms with E-state index < -0.39 is 34.5 Å². The third-order valence-electron chi connectivity index (χ3n) is 6.84. The van der Waals surface area contributed by atoms with E-state index in [1.165, 1.54) is 0 Å². The molecule has 1 saturated carbocycles. The molecule has 1 aromatic carbocycles. The molecule has 24 heavy (non-hydrogen) atoms. The van der Waals surface area contributed by atoms with Crippen molar-refractivity contribution in [2.24, 2.45) is 16.7 Å². The van der Waals surface area contributed by atoms with E-state index in [2.05, 4.69) is 0 Å². The lowest BCUT2D eigenvalue weighted by Crippen LogP contribution is -2.47. The minimum absolute atomic E-state index is 0.227. The number of benzene rings is 1. The number of hydrogen-bond donors (Lipinski definition) is 2. The van der Waals surface area contributed by atoms with Crippen molar-refractivity contribution in [3.63, 3.8) is 0 Å². The second-order valence-electron chi connectivity index (χ2n) is 7.76. The molecule has 1 aromatic rings. The van der Waals surface area contributed by atoms with Crippen LogP contribution >= 0.6 is 0 Å². The lowest BCUT2D eigenvalue weighted by molar-refractivity contribution is -0.179. The number of carbonyl (C=O) groups excluding carboxylic acids is 1. The first-order chi connectivity index (χ1) is 11.2. The highest BCUT2D eigenvalue weighted by molar-refractivity contribution is 5.96. The molecular formula is C19H20O5. The monoisotopic (exact) mass is 328 g/mol. The molecule has 4 atom stereocenters. The molecule has 2 fully saturated rings. The number of rotatable bonds is 2. The van der Waals surface area contributed by atoms with Gasteiger partial charge in [-0.25, -0.2) is 4.79 Å². The van der Waals surface area contributed by atoms with Gasteiger partial charge in [-0.05, 0) is 29.7 Å². The lowest BCUT2D eigenvalue weighted by atomic mass is 9.62. The van der Waals surface area contributed by atoms with E-state index in [0.29, 0.717) is 0 Å². The van der Waals surface area contributed by atoms with Gasteiger partial charge in [0.1, 0.15) is 0 Å². The predicted molar refractivity (Wildman–Crippen MR) is 85.8 cm³/mol. The second-order valence-corrected chi connectivity index (χ2v) is 7.76. The molecule has 0 aromatic heterocycles. The van der Waals surface area contributed by atoms with E-state index in [-0.39, 0.29) is 12.3 Å². The molecular weight excluding hydrogens is 308 g/mol. The Morgan fingerprint density at radius 1 is 1.25 bits per heavy atom. The summed E-state index contributed by atoms with van der Waals surface area (Å²) in [5.41, 5.74) is -0.770. The first kappa shape index (κ1) is 15.4. The number of carboxylic acid groups (broad SMARTS) is 1. The van der Waals surface area contributed by atoms with E-state index in [1.807, 2.05) is 24.3 Å². The quantitative estimate of drug-likeness (QED) is 0.815. The van der Waals surface area contributed by atoms with E-state index in [9.17, 15) is 19.8 Å². The van der Waals surface area contributed by atoms with Gasteiger partial charge < -0.3 is 14.9 Å². The Bertz CT molecular complexity index is 808. The summed E-state index contributed by atoms with van der Waals surface area (Å²) in [4.78, 5) is 24.7. The van der Waals surface area contributed by atoms with Gasteiger partial charge in [0.25, 0.3) is 0 Å². The Hall–Kier alpha value is -2.14. The maximum Gasteiger partial charge on any atom is 0.348 e. The summed E-state index contributed by atoms with van der Waals surface area (Å²) in [7, 11) is 0. The molecule has 3 aliphatic rings. The number of fused-ring (bicyclic) bond motifs is 3. The fourth-order valence-electron chi connectivity index (χ4n) is 4.92. The molecule has 1 aliphatic heterocycles. The van der Waals surface area contributed by atoms with Gasteiger partial charge >= 0.3 is 11.9 Å². The normalized spacial score (nSPS) is 38.7. The third-order valence-corrected chi connectivity index (χ3v) is 6.84. The number of aliphatic carboxylic acids is 1. The molecule has 5 nitrogen and oxygen atoms in total. The number of aliphatic hydroxyl groups is 1. The topological polar surface area (TPSA) is 83.8 Å². The van der Waals surface area contributed by atoms with Crippen LogP contribution in [0.15, 0.2) is 30.3 Å². The number of carboxylic acids is 1. The van der Waals surface area contributed by atoms with Gasteiger partial charge in [-0.2, -0.15) is 0 Å². The van der Waals surface area contributed by atoms with Crippen molar-refractivity contribution in [1.82, 2.24) is 0 Å². The fourth-order valence-corrected chi connectivity index (χ4v) is 4.92. The Labute approximate surface area is 139 Å². The largest absolute Gasteiger partial charge is 0.478 e. The summed E-state index contributed by atoms with van der Waals surface area (Å²) in [6, 6.07) is 7.52.